The van der Waals surface area contributed by atoms with E-state index in [1.54, 1.807) is 16.8 Å². The minimum atomic E-state index is -3.63. The molecule has 0 radical (unpaired) electrons. The Morgan fingerprint density at radius 1 is 1.17 bits per heavy atom. The Morgan fingerprint density at radius 3 is 2.60 bits per heavy atom. The summed E-state index contributed by atoms with van der Waals surface area (Å²) < 4.78 is 32.6. The molecular weight excluding hydrogens is 426 g/mol. The van der Waals surface area contributed by atoms with Crippen LogP contribution in [-0.4, -0.2) is 51.3 Å². The minimum Gasteiger partial charge on any atom is -0.495 e. The summed E-state index contributed by atoms with van der Waals surface area (Å²) in [5, 5.41) is 8.91. The van der Waals surface area contributed by atoms with E-state index in [-0.39, 0.29) is 35.4 Å². The van der Waals surface area contributed by atoms with Crippen molar-refractivity contribution in [1.29, 1.82) is 0 Å². The maximum atomic E-state index is 12.9. The van der Waals surface area contributed by atoms with E-state index in [0.717, 1.165) is 19.3 Å². The zero-order valence-electron chi connectivity index (χ0n) is 16.7. The molecule has 2 amide bonds. The number of amides is 2. The second kappa shape index (κ2) is 10.1. The largest absolute Gasteiger partial charge is 0.495 e. The zero-order chi connectivity index (χ0) is 21.6. The molecule has 2 aromatic rings. The van der Waals surface area contributed by atoms with Gasteiger partial charge in [-0.25, -0.2) is 8.42 Å². The highest BCUT2D eigenvalue weighted by molar-refractivity contribution is 7.89. The van der Waals surface area contributed by atoms with Gasteiger partial charge in [-0.05, 0) is 42.5 Å². The van der Waals surface area contributed by atoms with Crippen LogP contribution in [0.2, 0.25) is 0 Å². The number of benzene rings is 1. The van der Waals surface area contributed by atoms with Crippen LogP contribution in [0.5, 0.6) is 5.75 Å². The first-order valence-electron chi connectivity index (χ1n) is 9.70. The average Bonchev–Trinajstić information content (AvgIpc) is 3.29. The Kier molecular flexibility index (Phi) is 7.46. The lowest BCUT2D eigenvalue weighted by Crippen LogP contribution is -2.35. The summed E-state index contributed by atoms with van der Waals surface area (Å²) in [6.45, 7) is 1.16. The molecule has 2 N–H and O–H groups in total. The lowest BCUT2D eigenvalue weighted by atomic mass is 10.2. The average molecular weight is 452 g/mol. The van der Waals surface area contributed by atoms with Crippen molar-refractivity contribution < 1.29 is 22.7 Å². The molecule has 0 atom stereocenters. The van der Waals surface area contributed by atoms with Gasteiger partial charge in [0.2, 0.25) is 15.9 Å². The molecule has 0 unspecified atom stereocenters. The van der Waals surface area contributed by atoms with Crippen molar-refractivity contribution in [3.63, 3.8) is 0 Å². The van der Waals surface area contributed by atoms with Crippen molar-refractivity contribution in [3.05, 3.63) is 40.6 Å². The van der Waals surface area contributed by atoms with Crippen molar-refractivity contribution in [2.24, 2.45) is 0 Å². The SMILES string of the molecule is COc1ccc(S(=O)(=O)N2CCCCC2)cc1NC(=O)CCNC(=O)c1ccsc1. The number of hydrogen-bond donors (Lipinski definition) is 2. The Bertz CT molecular complexity index is 984. The van der Waals surface area contributed by atoms with E-state index in [4.69, 9.17) is 4.74 Å². The first-order chi connectivity index (χ1) is 14.4. The van der Waals surface area contributed by atoms with Gasteiger partial charge in [-0.3, -0.25) is 9.59 Å². The van der Waals surface area contributed by atoms with E-state index in [1.165, 1.54) is 41.0 Å². The molecule has 0 spiro atoms. The first-order valence-corrected chi connectivity index (χ1v) is 12.1. The van der Waals surface area contributed by atoms with Gasteiger partial charge in [0.25, 0.3) is 5.91 Å². The number of thiophene rings is 1. The number of carbonyl (C=O) groups excluding carboxylic acids is 2. The number of nitrogens with one attached hydrogen (secondary N) is 2. The molecule has 1 aromatic carbocycles. The maximum Gasteiger partial charge on any atom is 0.252 e. The third-order valence-electron chi connectivity index (χ3n) is 4.82. The van der Waals surface area contributed by atoms with Gasteiger partial charge in [0.05, 0.1) is 17.7 Å². The summed E-state index contributed by atoms with van der Waals surface area (Å²) in [4.78, 5) is 24.4. The number of rotatable bonds is 8. The van der Waals surface area contributed by atoms with Crippen LogP contribution >= 0.6 is 11.3 Å². The fourth-order valence-electron chi connectivity index (χ4n) is 3.20. The molecule has 0 aliphatic carbocycles. The smallest absolute Gasteiger partial charge is 0.252 e. The van der Waals surface area contributed by atoms with Crippen molar-refractivity contribution >= 4 is 38.9 Å². The van der Waals surface area contributed by atoms with Gasteiger partial charge in [-0.15, -0.1) is 0 Å². The maximum absolute atomic E-state index is 12.9. The van der Waals surface area contributed by atoms with E-state index in [0.29, 0.717) is 24.4 Å². The monoisotopic (exact) mass is 451 g/mol. The fourth-order valence-corrected chi connectivity index (χ4v) is 5.38. The Morgan fingerprint density at radius 2 is 1.93 bits per heavy atom. The second-order valence-corrected chi connectivity index (χ2v) is 9.61. The lowest BCUT2D eigenvalue weighted by molar-refractivity contribution is -0.116. The molecule has 2 heterocycles. The minimum absolute atomic E-state index is 0.0438. The Labute approximate surface area is 180 Å². The number of nitrogens with zero attached hydrogens (tertiary/aromatic N) is 1. The summed E-state index contributed by atoms with van der Waals surface area (Å²) in [5.41, 5.74) is 0.836. The van der Waals surface area contributed by atoms with Crippen LogP contribution in [0.3, 0.4) is 0 Å². The van der Waals surface area contributed by atoms with E-state index < -0.39 is 10.0 Å². The predicted molar refractivity (Wildman–Crippen MR) is 116 cm³/mol. The van der Waals surface area contributed by atoms with Gasteiger partial charge >= 0.3 is 0 Å². The highest BCUT2D eigenvalue weighted by Gasteiger charge is 2.27. The fraction of sp³-hybridized carbons (Fsp3) is 0.400. The molecule has 1 fully saturated rings. The number of ether oxygens (including phenoxy) is 1. The molecule has 1 aliphatic heterocycles. The van der Waals surface area contributed by atoms with Crippen LogP contribution in [0, 0.1) is 0 Å². The van der Waals surface area contributed by atoms with E-state index >= 15 is 0 Å². The van der Waals surface area contributed by atoms with E-state index in [9.17, 15) is 18.0 Å². The molecule has 0 bridgehead atoms. The Hall–Kier alpha value is -2.43. The molecule has 0 saturated carbocycles. The van der Waals surface area contributed by atoms with Crippen LogP contribution in [0.1, 0.15) is 36.0 Å². The molecule has 162 valence electrons. The standard InChI is InChI=1S/C20H25N3O5S2/c1-28-18-6-5-16(30(26,27)23-10-3-2-4-11-23)13-17(18)22-19(24)7-9-21-20(25)15-8-12-29-14-15/h5-6,8,12-14H,2-4,7,9-11H2,1H3,(H,21,25)(H,22,24). The highest BCUT2D eigenvalue weighted by Crippen LogP contribution is 2.30. The molecule has 1 aliphatic rings. The van der Waals surface area contributed by atoms with Crippen molar-refractivity contribution in [3.8, 4) is 5.75 Å². The van der Waals surface area contributed by atoms with Gasteiger partial charge in [0, 0.05) is 37.0 Å². The molecule has 10 heteroatoms. The Balaban J connectivity index is 1.64. The topological polar surface area (TPSA) is 105 Å². The molecule has 8 nitrogen and oxygen atoms in total. The van der Waals surface area contributed by atoms with E-state index in [2.05, 4.69) is 10.6 Å². The highest BCUT2D eigenvalue weighted by atomic mass is 32.2. The molecule has 1 aromatic heterocycles. The van der Waals surface area contributed by atoms with Crippen LogP contribution in [0.4, 0.5) is 5.69 Å². The van der Waals surface area contributed by atoms with Crippen LogP contribution in [-0.2, 0) is 14.8 Å². The predicted octanol–water partition coefficient (Wildman–Crippen LogP) is 2.69. The van der Waals surface area contributed by atoms with Crippen molar-refractivity contribution in [1.82, 2.24) is 9.62 Å². The summed E-state index contributed by atoms with van der Waals surface area (Å²) in [6, 6.07) is 6.15. The van der Waals surface area contributed by atoms with Gasteiger partial charge in [0.1, 0.15) is 5.75 Å². The zero-order valence-corrected chi connectivity index (χ0v) is 18.4. The van der Waals surface area contributed by atoms with Gasteiger partial charge in [-0.1, -0.05) is 6.42 Å². The van der Waals surface area contributed by atoms with E-state index in [1.807, 2.05) is 0 Å². The lowest BCUT2D eigenvalue weighted by Gasteiger charge is -2.26. The molecular formula is C20H25N3O5S2. The van der Waals surface area contributed by atoms with Crippen molar-refractivity contribution in [2.75, 3.05) is 32.1 Å². The third-order valence-corrected chi connectivity index (χ3v) is 7.40. The van der Waals surface area contributed by atoms with Crippen LogP contribution < -0.4 is 15.4 Å². The molecule has 3 rings (SSSR count). The van der Waals surface area contributed by atoms with Crippen LogP contribution in [0.15, 0.2) is 39.9 Å². The van der Waals surface area contributed by atoms with Gasteiger partial charge < -0.3 is 15.4 Å². The summed E-state index contributed by atoms with van der Waals surface area (Å²) >= 11 is 1.42. The molecule has 30 heavy (non-hydrogen) atoms. The first kappa shape index (κ1) is 22.3. The number of piperidine rings is 1. The summed E-state index contributed by atoms with van der Waals surface area (Å²) in [6.07, 6.45) is 2.76. The third kappa shape index (κ3) is 5.38. The number of anilines is 1. The number of sulfonamides is 1. The number of hydrogen-bond acceptors (Lipinski definition) is 6. The second-order valence-electron chi connectivity index (χ2n) is 6.89. The summed E-state index contributed by atoms with van der Waals surface area (Å²) in [5.74, 6) is -0.231. The molecule has 1 saturated heterocycles. The van der Waals surface area contributed by atoms with Gasteiger partial charge in [-0.2, -0.15) is 15.6 Å². The number of methoxy groups -OCH3 is 1. The van der Waals surface area contributed by atoms with Crippen LogP contribution in [0.25, 0.3) is 0 Å². The quantitative estimate of drug-likeness (QED) is 0.642. The normalized spacial score (nSPS) is 14.8. The van der Waals surface area contributed by atoms with Gasteiger partial charge in [0.15, 0.2) is 0 Å². The number of carbonyl (C=O) groups is 2. The summed E-state index contributed by atoms with van der Waals surface area (Å²) in [7, 11) is -2.18. The van der Waals surface area contributed by atoms with Crippen molar-refractivity contribution in [2.45, 2.75) is 30.6 Å².